The summed E-state index contributed by atoms with van der Waals surface area (Å²) in [4.78, 5) is 12.2. The van der Waals surface area contributed by atoms with Crippen molar-refractivity contribution in [1.82, 2.24) is 0 Å². The lowest BCUT2D eigenvalue weighted by Gasteiger charge is -2.46. The Balaban J connectivity index is 2.36. The fraction of sp³-hybridized carbons (Fsp3) is 0.667. The molecule has 0 spiro atoms. The Labute approximate surface area is 98.6 Å². The van der Waals surface area contributed by atoms with Gasteiger partial charge in [0.15, 0.2) is 5.78 Å². The average Bonchev–Trinajstić information content (AvgIpc) is 2.20. The van der Waals surface area contributed by atoms with E-state index in [1.165, 1.54) is 12.0 Å². The molecule has 1 fully saturated rings. The van der Waals surface area contributed by atoms with Gasteiger partial charge in [0.05, 0.1) is 0 Å². The molecule has 1 heteroatoms. The van der Waals surface area contributed by atoms with Crippen LogP contribution in [-0.2, 0) is 4.79 Å². The molecule has 2 aliphatic rings. The zero-order chi connectivity index (χ0) is 11.9. The first-order valence-corrected chi connectivity index (χ1v) is 6.34. The Morgan fingerprint density at radius 1 is 1.56 bits per heavy atom. The van der Waals surface area contributed by atoms with Crippen molar-refractivity contribution in [2.45, 2.75) is 46.5 Å². The first kappa shape index (κ1) is 11.6. The van der Waals surface area contributed by atoms with Crippen molar-refractivity contribution in [3.63, 3.8) is 0 Å². The minimum Gasteiger partial charge on any atom is -0.295 e. The van der Waals surface area contributed by atoms with Crippen LogP contribution in [0.25, 0.3) is 0 Å². The lowest BCUT2D eigenvalue weighted by molar-refractivity contribution is -0.120. The highest BCUT2D eigenvalue weighted by atomic mass is 16.1. The monoisotopic (exact) mass is 218 g/mol. The Hall–Kier alpha value is -0.850. The van der Waals surface area contributed by atoms with Crippen molar-refractivity contribution < 1.29 is 4.79 Å². The van der Waals surface area contributed by atoms with Crippen LogP contribution in [0.3, 0.4) is 0 Å². The van der Waals surface area contributed by atoms with Gasteiger partial charge in [-0.25, -0.2) is 0 Å². The van der Waals surface area contributed by atoms with Crippen LogP contribution in [0.1, 0.15) is 46.5 Å². The summed E-state index contributed by atoms with van der Waals surface area (Å²) in [6, 6.07) is 0. The standard InChI is InChI=1S/C15H22O/c1-10(2)12-8-14(16)13-7-5-6-11(3)15(13,4)9-12/h7,11-12H,1,5-6,8-9H2,2-4H3. The van der Waals surface area contributed by atoms with E-state index in [0.29, 0.717) is 24.0 Å². The summed E-state index contributed by atoms with van der Waals surface area (Å²) in [5, 5.41) is 0. The molecule has 1 saturated carbocycles. The van der Waals surface area contributed by atoms with E-state index in [4.69, 9.17) is 0 Å². The van der Waals surface area contributed by atoms with Gasteiger partial charge in [0, 0.05) is 6.42 Å². The molecule has 0 heterocycles. The van der Waals surface area contributed by atoms with Crippen LogP contribution in [-0.4, -0.2) is 5.78 Å². The van der Waals surface area contributed by atoms with E-state index in [-0.39, 0.29) is 5.41 Å². The number of hydrogen-bond donors (Lipinski definition) is 0. The minimum atomic E-state index is 0.108. The maximum Gasteiger partial charge on any atom is 0.159 e. The second-order valence-corrected chi connectivity index (χ2v) is 5.89. The van der Waals surface area contributed by atoms with E-state index in [9.17, 15) is 4.79 Å². The minimum absolute atomic E-state index is 0.108. The normalized spacial score (nSPS) is 38.9. The topological polar surface area (TPSA) is 17.1 Å². The number of ketones is 1. The quantitative estimate of drug-likeness (QED) is 0.610. The molecule has 2 rings (SSSR count). The van der Waals surface area contributed by atoms with Crippen LogP contribution < -0.4 is 0 Å². The molecule has 0 bridgehead atoms. The molecule has 3 atom stereocenters. The number of rotatable bonds is 1. The zero-order valence-electron chi connectivity index (χ0n) is 10.7. The van der Waals surface area contributed by atoms with Crippen LogP contribution in [0.4, 0.5) is 0 Å². The zero-order valence-corrected chi connectivity index (χ0v) is 10.7. The summed E-state index contributed by atoms with van der Waals surface area (Å²) in [5.74, 6) is 1.39. The summed E-state index contributed by atoms with van der Waals surface area (Å²) in [6.07, 6.45) is 6.29. The van der Waals surface area contributed by atoms with Gasteiger partial charge in [-0.15, -0.1) is 0 Å². The summed E-state index contributed by atoms with van der Waals surface area (Å²) in [5.41, 5.74) is 2.40. The summed E-state index contributed by atoms with van der Waals surface area (Å²) in [7, 11) is 0. The lowest BCUT2D eigenvalue weighted by Crippen LogP contribution is -2.40. The Morgan fingerprint density at radius 2 is 2.25 bits per heavy atom. The largest absolute Gasteiger partial charge is 0.295 e. The molecule has 0 saturated heterocycles. The lowest BCUT2D eigenvalue weighted by atomic mass is 9.57. The van der Waals surface area contributed by atoms with E-state index >= 15 is 0 Å². The van der Waals surface area contributed by atoms with Gasteiger partial charge < -0.3 is 0 Å². The maximum absolute atomic E-state index is 12.2. The van der Waals surface area contributed by atoms with Crippen molar-refractivity contribution >= 4 is 5.78 Å². The Kier molecular flexibility index (Phi) is 2.81. The van der Waals surface area contributed by atoms with Crippen LogP contribution in [0.15, 0.2) is 23.8 Å². The van der Waals surface area contributed by atoms with Gasteiger partial charge in [-0.2, -0.15) is 0 Å². The summed E-state index contributed by atoms with van der Waals surface area (Å²) >= 11 is 0. The molecule has 2 aliphatic carbocycles. The molecule has 88 valence electrons. The van der Waals surface area contributed by atoms with Crippen LogP contribution >= 0.6 is 0 Å². The first-order chi connectivity index (χ1) is 7.45. The van der Waals surface area contributed by atoms with Gasteiger partial charge >= 0.3 is 0 Å². The van der Waals surface area contributed by atoms with Gasteiger partial charge in [-0.05, 0) is 49.0 Å². The molecule has 1 nitrogen and oxygen atoms in total. The van der Waals surface area contributed by atoms with Crippen molar-refractivity contribution in [3.05, 3.63) is 23.8 Å². The molecular formula is C15H22O. The molecular weight excluding hydrogens is 196 g/mol. The third-order valence-corrected chi connectivity index (χ3v) is 4.75. The Morgan fingerprint density at radius 3 is 2.88 bits per heavy atom. The highest BCUT2D eigenvalue weighted by Crippen LogP contribution is 2.51. The molecule has 0 radical (unpaired) electrons. The molecule has 0 aromatic rings. The van der Waals surface area contributed by atoms with Crippen molar-refractivity contribution in [3.8, 4) is 0 Å². The number of carbonyl (C=O) groups excluding carboxylic acids is 1. The highest BCUT2D eigenvalue weighted by Gasteiger charge is 2.45. The number of fused-ring (bicyclic) bond motifs is 1. The molecule has 16 heavy (non-hydrogen) atoms. The van der Waals surface area contributed by atoms with E-state index in [1.54, 1.807) is 0 Å². The summed E-state index contributed by atoms with van der Waals surface area (Å²) in [6.45, 7) is 10.7. The van der Waals surface area contributed by atoms with Crippen molar-refractivity contribution in [2.75, 3.05) is 0 Å². The van der Waals surface area contributed by atoms with Gasteiger partial charge in [0.25, 0.3) is 0 Å². The molecule has 3 unspecified atom stereocenters. The van der Waals surface area contributed by atoms with E-state index in [2.05, 4.69) is 33.4 Å². The second kappa shape index (κ2) is 3.87. The van der Waals surface area contributed by atoms with Crippen molar-refractivity contribution in [2.24, 2.45) is 17.3 Å². The fourth-order valence-electron chi connectivity index (χ4n) is 3.30. The predicted molar refractivity (Wildman–Crippen MR) is 67.1 cm³/mol. The van der Waals surface area contributed by atoms with Gasteiger partial charge in [-0.3, -0.25) is 4.79 Å². The number of hydrogen-bond acceptors (Lipinski definition) is 1. The molecule has 0 aliphatic heterocycles. The smallest absolute Gasteiger partial charge is 0.159 e. The SMILES string of the molecule is C=C(C)C1CC(=O)C2=CCCC(C)C2(C)C1. The number of allylic oxidation sites excluding steroid dienone is 3. The molecule has 0 aromatic heterocycles. The van der Waals surface area contributed by atoms with E-state index < -0.39 is 0 Å². The number of Topliss-reactive ketones (excluding diaryl/α,β-unsaturated/α-hetero) is 1. The van der Waals surface area contributed by atoms with E-state index in [0.717, 1.165) is 18.4 Å². The number of carbonyl (C=O) groups is 1. The van der Waals surface area contributed by atoms with Crippen LogP contribution in [0.2, 0.25) is 0 Å². The fourth-order valence-corrected chi connectivity index (χ4v) is 3.30. The highest BCUT2D eigenvalue weighted by molar-refractivity contribution is 5.98. The summed E-state index contributed by atoms with van der Waals surface area (Å²) < 4.78 is 0. The first-order valence-electron chi connectivity index (χ1n) is 6.34. The molecule has 0 amide bonds. The average molecular weight is 218 g/mol. The van der Waals surface area contributed by atoms with Crippen LogP contribution in [0.5, 0.6) is 0 Å². The maximum atomic E-state index is 12.2. The van der Waals surface area contributed by atoms with Gasteiger partial charge in [0.2, 0.25) is 0 Å². The van der Waals surface area contributed by atoms with Gasteiger partial charge in [-0.1, -0.05) is 32.1 Å². The Bertz CT molecular complexity index is 364. The van der Waals surface area contributed by atoms with Gasteiger partial charge in [0.1, 0.15) is 0 Å². The third-order valence-electron chi connectivity index (χ3n) is 4.75. The van der Waals surface area contributed by atoms with Crippen molar-refractivity contribution in [1.29, 1.82) is 0 Å². The molecule has 0 N–H and O–H groups in total. The third kappa shape index (κ3) is 1.66. The molecule has 0 aromatic carbocycles. The second-order valence-electron chi connectivity index (χ2n) is 5.89. The van der Waals surface area contributed by atoms with Crippen LogP contribution in [0, 0.1) is 17.3 Å². The van der Waals surface area contributed by atoms with E-state index in [1.807, 2.05) is 0 Å². The predicted octanol–water partition coefficient (Wildman–Crippen LogP) is 3.90.